The van der Waals surface area contributed by atoms with E-state index in [1.807, 2.05) is 31.2 Å². The molecule has 0 N–H and O–H groups in total. The molecular formula is C8H7NS. The maximum atomic E-state index is 4.39. The summed E-state index contributed by atoms with van der Waals surface area (Å²) < 4.78 is 3.38. The molecule has 0 aliphatic rings. The molecule has 0 saturated carbocycles. The zero-order valence-corrected chi connectivity index (χ0v) is 6.48. The molecule has 0 radical (unpaired) electrons. The normalized spacial score (nSPS) is 8.10. The van der Waals surface area contributed by atoms with Crippen molar-refractivity contribution in [2.24, 2.45) is 0 Å². The van der Waals surface area contributed by atoms with Crippen molar-refractivity contribution in [1.82, 2.24) is 0 Å². The van der Waals surface area contributed by atoms with Crippen molar-refractivity contribution in [1.29, 1.82) is 0 Å². The molecule has 1 nitrogen and oxygen atoms in total. The molecule has 1 rings (SSSR count). The van der Waals surface area contributed by atoms with Crippen molar-refractivity contribution < 1.29 is 0 Å². The second kappa shape index (κ2) is 3.19. The highest BCUT2D eigenvalue weighted by atomic mass is 32.1. The van der Waals surface area contributed by atoms with Crippen LogP contribution in [-0.4, -0.2) is 0 Å². The van der Waals surface area contributed by atoms with Crippen LogP contribution in [0.15, 0.2) is 24.3 Å². The first-order valence-electron chi connectivity index (χ1n) is 2.98. The molecule has 0 aromatic heterocycles. The van der Waals surface area contributed by atoms with Gasteiger partial charge in [-0.25, -0.2) is 0 Å². The molecule has 0 heterocycles. The summed E-state index contributed by atoms with van der Waals surface area (Å²) in [6.07, 6.45) is 0. The Labute approximate surface area is 66.1 Å². The van der Waals surface area contributed by atoms with Gasteiger partial charge in [0.05, 0.1) is 5.56 Å². The fourth-order valence-corrected chi connectivity index (χ4v) is 0.873. The van der Waals surface area contributed by atoms with Crippen molar-refractivity contribution in [3.8, 4) is 6.07 Å². The quantitative estimate of drug-likeness (QED) is 0.511. The van der Waals surface area contributed by atoms with E-state index in [1.165, 1.54) is 5.56 Å². The maximum Gasteiger partial charge on any atom is 0.291 e. The fourth-order valence-electron chi connectivity index (χ4n) is 0.767. The Kier molecular flexibility index (Phi) is 2.24. The van der Waals surface area contributed by atoms with E-state index in [4.69, 9.17) is 0 Å². The third-order valence-corrected chi connectivity index (χ3v) is 1.28. The molecule has 1 aromatic carbocycles. The van der Waals surface area contributed by atoms with Crippen LogP contribution < -0.4 is 0 Å². The molecule has 50 valence electrons. The number of aryl methyl sites for hydroxylation is 1. The molecule has 0 saturated heterocycles. The maximum absolute atomic E-state index is 4.39. The first-order chi connectivity index (χ1) is 4.83. The van der Waals surface area contributed by atoms with Crippen LogP contribution in [-0.2, 0) is 12.8 Å². The Balaban J connectivity index is 3.03. The summed E-state index contributed by atoms with van der Waals surface area (Å²) in [6.45, 7) is 2.02. The van der Waals surface area contributed by atoms with Crippen LogP contribution in [0.5, 0.6) is 0 Å². The van der Waals surface area contributed by atoms with E-state index in [0.29, 0.717) is 0 Å². The van der Waals surface area contributed by atoms with Gasteiger partial charge in [0.2, 0.25) is 0 Å². The van der Waals surface area contributed by atoms with Gasteiger partial charge in [-0.15, -0.1) is 0 Å². The minimum absolute atomic E-state index is 0.940. The van der Waals surface area contributed by atoms with Gasteiger partial charge in [-0.1, -0.05) is 12.1 Å². The van der Waals surface area contributed by atoms with Crippen LogP contribution in [0, 0.1) is 13.0 Å². The van der Waals surface area contributed by atoms with Crippen LogP contribution >= 0.6 is 0 Å². The molecule has 0 bridgehead atoms. The smallest absolute Gasteiger partial charge is 0.263 e. The van der Waals surface area contributed by atoms with Crippen LogP contribution in [0.2, 0.25) is 0 Å². The molecular weight excluding hydrogens is 142 g/mol. The van der Waals surface area contributed by atoms with Crippen LogP contribution in [0.3, 0.4) is 0 Å². The zero-order chi connectivity index (χ0) is 7.40. The molecule has 0 atom stereocenters. The second-order valence-electron chi connectivity index (χ2n) is 2.07. The lowest BCUT2D eigenvalue weighted by atomic mass is 10.2. The Morgan fingerprint density at radius 2 is 2.30 bits per heavy atom. The number of hydrogen-bond donors (Lipinski definition) is 0. The Hall–Kier alpha value is -1.07. The van der Waals surface area contributed by atoms with Crippen LogP contribution in [0.1, 0.15) is 11.1 Å². The largest absolute Gasteiger partial charge is 0.291 e. The summed E-state index contributed by atoms with van der Waals surface area (Å²) in [5, 5.41) is 0. The monoisotopic (exact) mass is 149 g/mol. The average Bonchev–Trinajstić information content (AvgIpc) is 1.88. The van der Waals surface area contributed by atoms with E-state index in [9.17, 15) is 0 Å². The number of hydrogen-bond acceptors (Lipinski definition) is 1. The van der Waals surface area contributed by atoms with Crippen molar-refractivity contribution >= 4 is 12.8 Å². The molecule has 0 aliphatic heterocycles. The van der Waals surface area contributed by atoms with E-state index in [-0.39, 0.29) is 0 Å². The highest BCUT2D eigenvalue weighted by Gasteiger charge is 1.90. The van der Waals surface area contributed by atoms with Gasteiger partial charge < -0.3 is 0 Å². The molecule has 0 unspecified atom stereocenters. The van der Waals surface area contributed by atoms with Gasteiger partial charge in [-0.3, -0.25) is 12.8 Å². The third kappa shape index (κ3) is 1.71. The topological polar surface area (TPSA) is 4.36 Å². The fraction of sp³-hybridized carbons (Fsp3) is 0.125. The van der Waals surface area contributed by atoms with Crippen molar-refractivity contribution in [3.63, 3.8) is 0 Å². The number of rotatable bonds is 0. The summed E-state index contributed by atoms with van der Waals surface area (Å²) in [5.74, 6) is 0. The van der Waals surface area contributed by atoms with Crippen molar-refractivity contribution in [2.45, 2.75) is 6.92 Å². The highest BCUT2D eigenvalue weighted by molar-refractivity contribution is 7.61. The summed E-state index contributed by atoms with van der Waals surface area (Å²) in [4.78, 5) is 0. The first kappa shape index (κ1) is 7.04. The standard InChI is InChI=1S/C8H7NS/c1-7-3-2-4-8(5-7)6-9-10/h2-5H,1H3. The van der Waals surface area contributed by atoms with E-state index in [0.717, 1.165) is 5.56 Å². The van der Waals surface area contributed by atoms with E-state index in [1.54, 1.807) is 0 Å². The number of nitrogens with zero attached hydrogens (tertiary/aromatic N) is 1. The lowest BCUT2D eigenvalue weighted by molar-refractivity contribution is 1.46. The predicted molar refractivity (Wildman–Crippen MR) is 44.9 cm³/mol. The molecule has 0 amide bonds. The third-order valence-electron chi connectivity index (χ3n) is 1.19. The minimum Gasteiger partial charge on any atom is -0.263 e. The molecule has 0 spiro atoms. The van der Waals surface area contributed by atoms with E-state index in [2.05, 4.69) is 23.1 Å². The molecule has 0 aliphatic carbocycles. The Morgan fingerprint density at radius 3 is 2.90 bits per heavy atom. The highest BCUT2D eigenvalue weighted by Crippen LogP contribution is 2.01. The van der Waals surface area contributed by atoms with Crippen LogP contribution in [0.4, 0.5) is 0 Å². The lowest BCUT2D eigenvalue weighted by Crippen LogP contribution is -1.74. The summed E-state index contributed by atoms with van der Waals surface area (Å²) in [6, 6.07) is 10.6. The molecule has 1 aromatic rings. The van der Waals surface area contributed by atoms with Gasteiger partial charge in [0.25, 0.3) is 6.07 Å². The number of benzene rings is 1. The van der Waals surface area contributed by atoms with Crippen molar-refractivity contribution in [3.05, 3.63) is 39.6 Å². The van der Waals surface area contributed by atoms with Gasteiger partial charge in [0.15, 0.2) is 0 Å². The van der Waals surface area contributed by atoms with E-state index < -0.39 is 0 Å². The van der Waals surface area contributed by atoms with Gasteiger partial charge in [0.1, 0.15) is 0 Å². The average molecular weight is 149 g/mol. The van der Waals surface area contributed by atoms with Crippen molar-refractivity contribution in [2.75, 3.05) is 0 Å². The molecule has 0 fully saturated rings. The van der Waals surface area contributed by atoms with E-state index >= 15 is 0 Å². The van der Waals surface area contributed by atoms with Gasteiger partial charge >= 0.3 is 0 Å². The second-order valence-corrected chi connectivity index (χ2v) is 2.26. The SMILES string of the molecule is Cc1cccc(C#[N+][S-])c1. The molecule has 2 heteroatoms. The van der Waals surface area contributed by atoms with Gasteiger partial charge in [0, 0.05) is 0 Å². The Bertz CT molecular complexity index is 283. The minimum atomic E-state index is 0.940. The summed E-state index contributed by atoms with van der Waals surface area (Å²) >= 11 is 4.39. The summed E-state index contributed by atoms with van der Waals surface area (Å²) in [5.41, 5.74) is 2.14. The Morgan fingerprint density at radius 1 is 1.50 bits per heavy atom. The summed E-state index contributed by atoms with van der Waals surface area (Å²) in [7, 11) is 0. The van der Waals surface area contributed by atoms with Crippen LogP contribution in [0.25, 0.3) is 4.25 Å². The molecule has 10 heavy (non-hydrogen) atoms. The van der Waals surface area contributed by atoms with Gasteiger partial charge in [-0.05, 0) is 24.6 Å². The van der Waals surface area contributed by atoms with Gasteiger partial charge in [-0.2, -0.15) is 4.25 Å². The first-order valence-corrected chi connectivity index (χ1v) is 3.34. The zero-order valence-electron chi connectivity index (χ0n) is 5.66. The lowest BCUT2D eigenvalue weighted by Gasteiger charge is -1.87. The predicted octanol–water partition coefficient (Wildman–Crippen LogP) is 2.14.